The van der Waals surface area contributed by atoms with Crippen LogP contribution in [0.2, 0.25) is 5.02 Å². The van der Waals surface area contributed by atoms with Gasteiger partial charge in [-0.2, -0.15) is 0 Å². The molecule has 0 saturated heterocycles. The summed E-state index contributed by atoms with van der Waals surface area (Å²) in [6, 6.07) is 20.5. The Morgan fingerprint density at radius 1 is 1.00 bits per heavy atom. The molecule has 0 radical (unpaired) electrons. The van der Waals surface area contributed by atoms with Gasteiger partial charge in [0, 0.05) is 11.1 Å². The molecule has 0 fully saturated rings. The Balaban J connectivity index is 1.75. The largest absolute Gasteiger partial charge is 0.481 e. The number of nitrogens with one attached hydrogen (secondary N) is 1. The Morgan fingerprint density at radius 2 is 1.74 bits per heavy atom. The number of halogens is 1. The lowest BCUT2D eigenvalue weighted by Crippen LogP contribution is -2.39. The van der Waals surface area contributed by atoms with Crippen LogP contribution in [0, 0.1) is 0 Å². The molecule has 4 nitrogen and oxygen atoms in total. The van der Waals surface area contributed by atoms with Crippen LogP contribution in [0.5, 0.6) is 0 Å². The van der Waals surface area contributed by atoms with E-state index in [1.807, 2.05) is 48.5 Å². The Hall–Kier alpha value is -2.85. The molecule has 0 heterocycles. The molecule has 0 aromatic heterocycles. The van der Waals surface area contributed by atoms with Gasteiger partial charge in [-0.15, -0.1) is 0 Å². The number of carboxylic acids is 1. The summed E-state index contributed by atoms with van der Waals surface area (Å²) in [7, 11) is 0. The summed E-state index contributed by atoms with van der Waals surface area (Å²) < 4.78 is 0. The number of hydrogen-bond acceptors (Lipinski definition) is 2. The monoisotopic (exact) mass is 381 g/mol. The highest BCUT2D eigenvalue weighted by atomic mass is 35.5. The average molecular weight is 382 g/mol. The summed E-state index contributed by atoms with van der Waals surface area (Å²) in [5, 5.41) is 14.8. The smallest absolute Gasteiger partial charge is 0.305 e. The van der Waals surface area contributed by atoms with Crippen molar-refractivity contribution in [1.82, 2.24) is 5.32 Å². The normalized spacial score (nSPS) is 11.9. The second kappa shape index (κ2) is 8.69. The molecule has 2 N–H and O–H groups in total. The Bertz CT molecular complexity index is 965. The second-order valence-corrected chi connectivity index (χ2v) is 6.95. The van der Waals surface area contributed by atoms with Crippen molar-refractivity contribution in [1.29, 1.82) is 0 Å². The van der Waals surface area contributed by atoms with Gasteiger partial charge in [0.1, 0.15) is 0 Å². The Kier molecular flexibility index (Phi) is 6.09. The fourth-order valence-corrected chi connectivity index (χ4v) is 3.44. The van der Waals surface area contributed by atoms with E-state index in [1.54, 1.807) is 18.2 Å². The van der Waals surface area contributed by atoms with E-state index in [4.69, 9.17) is 11.6 Å². The molecule has 0 aliphatic heterocycles. The first-order chi connectivity index (χ1) is 13.0. The predicted molar refractivity (Wildman–Crippen MR) is 107 cm³/mol. The van der Waals surface area contributed by atoms with Gasteiger partial charge in [0.15, 0.2) is 0 Å². The van der Waals surface area contributed by atoms with Crippen LogP contribution in [-0.4, -0.2) is 23.0 Å². The minimum Gasteiger partial charge on any atom is -0.481 e. The number of carbonyl (C=O) groups excluding carboxylic acids is 1. The molecule has 3 rings (SSSR count). The zero-order valence-corrected chi connectivity index (χ0v) is 15.4. The first-order valence-corrected chi connectivity index (χ1v) is 9.11. The van der Waals surface area contributed by atoms with Crippen LogP contribution >= 0.6 is 11.6 Å². The van der Waals surface area contributed by atoms with Gasteiger partial charge in [-0.3, -0.25) is 9.59 Å². The summed E-state index contributed by atoms with van der Waals surface area (Å²) in [5.41, 5.74) is 1.81. The molecule has 0 aliphatic rings. The van der Waals surface area contributed by atoms with Crippen molar-refractivity contribution in [3.05, 3.63) is 82.9 Å². The molecule has 1 amide bonds. The van der Waals surface area contributed by atoms with Crippen molar-refractivity contribution in [2.24, 2.45) is 0 Å². The second-order valence-electron chi connectivity index (χ2n) is 6.51. The molecule has 0 saturated carbocycles. The molecule has 0 aliphatic carbocycles. The van der Waals surface area contributed by atoms with E-state index in [0.29, 0.717) is 11.4 Å². The first-order valence-electron chi connectivity index (χ1n) is 8.73. The van der Waals surface area contributed by atoms with Crippen LogP contribution in [0.4, 0.5) is 0 Å². The van der Waals surface area contributed by atoms with Crippen molar-refractivity contribution < 1.29 is 14.7 Å². The van der Waals surface area contributed by atoms with Crippen LogP contribution in [0.15, 0.2) is 66.7 Å². The van der Waals surface area contributed by atoms with Crippen molar-refractivity contribution in [3.63, 3.8) is 0 Å². The highest BCUT2D eigenvalue weighted by Gasteiger charge is 2.18. The lowest BCUT2D eigenvalue weighted by molar-refractivity contribution is -0.137. The lowest BCUT2D eigenvalue weighted by Gasteiger charge is -2.18. The van der Waals surface area contributed by atoms with Gasteiger partial charge in [0.25, 0.3) is 0 Å². The van der Waals surface area contributed by atoms with E-state index in [-0.39, 0.29) is 18.7 Å². The van der Waals surface area contributed by atoms with E-state index in [1.165, 1.54) is 0 Å². The van der Waals surface area contributed by atoms with Crippen molar-refractivity contribution in [3.8, 4) is 0 Å². The third-order valence-electron chi connectivity index (χ3n) is 4.39. The predicted octanol–water partition coefficient (Wildman–Crippen LogP) is 4.24. The van der Waals surface area contributed by atoms with Crippen LogP contribution in [0.25, 0.3) is 10.8 Å². The number of carbonyl (C=O) groups is 2. The van der Waals surface area contributed by atoms with Crippen LogP contribution in [0.1, 0.15) is 17.5 Å². The van der Waals surface area contributed by atoms with Gasteiger partial charge in [-0.1, -0.05) is 66.2 Å². The summed E-state index contributed by atoms with van der Waals surface area (Å²) in [5.74, 6) is -1.16. The van der Waals surface area contributed by atoms with Gasteiger partial charge >= 0.3 is 5.97 Å². The van der Waals surface area contributed by atoms with Crippen molar-refractivity contribution >= 4 is 34.2 Å². The summed E-state index contributed by atoms with van der Waals surface area (Å²) in [6.07, 6.45) is 0.478. The van der Waals surface area contributed by atoms with Gasteiger partial charge < -0.3 is 10.4 Å². The Labute approximate surface area is 162 Å². The maximum Gasteiger partial charge on any atom is 0.305 e. The fraction of sp³-hybridized carbons (Fsp3) is 0.182. The highest BCUT2D eigenvalue weighted by Crippen LogP contribution is 2.20. The molecule has 0 bridgehead atoms. The molecule has 3 aromatic carbocycles. The molecule has 1 atom stereocenters. The fourth-order valence-electron chi connectivity index (χ4n) is 3.23. The zero-order chi connectivity index (χ0) is 19.2. The van der Waals surface area contributed by atoms with E-state index >= 15 is 0 Å². The molecular weight excluding hydrogens is 362 g/mol. The molecule has 3 aromatic rings. The van der Waals surface area contributed by atoms with Crippen LogP contribution in [-0.2, 0) is 22.4 Å². The SMILES string of the molecule is O=C(O)C[C@@H](Cc1cccc2ccccc12)NC(=O)Cc1cccc(Cl)c1. The number of hydrogen-bond donors (Lipinski definition) is 2. The summed E-state index contributed by atoms with van der Waals surface area (Å²) in [4.78, 5) is 23.7. The van der Waals surface area contributed by atoms with Gasteiger partial charge in [0.2, 0.25) is 5.91 Å². The summed E-state index contributed by atoms with van der Waals surface area (Å²) in [6.45, 7) is 0. The van der Waals surface area contributed by atoms with Gasteiger partial charge in [-0.25, -0.2) is 0 Å². The third kappa shape index (κ3) is 5.31. The van der Waals surface area contributed by atoms with Crippen LogP contribution in [0.3, 0.4) is 0 Å². The Morgan fingerprint density at radius 3 is 2.52 bits per heavy atom. The van der Waals surface area contributed by atoms with E-state index in [0.717, 1.165) is 21.9 Å². The zero-order valence-electron chi connectivity index (χ0n) is 14.7. The molecule has 5 heteroatoms. The number of aliphatic carboxylic acids is 1. The summed E-state index contributed by atoms with van der Waals surface area (Å²) >= 11 is 5.96. The topological polar surface area (TPSA) is 66.4 Å². The minimum atomic E-state index is -0.941. The van der Waals surface area contributed by atoms with Crippen molar-refractivity contribution in [2.75, 3.05) is 0 Å². The van der Waals surface area contributed by atoms with E-state index in [9.17, 15) is 14.7 Å². The quantitative estimate of drug-likeness (QED) is 0.643. The lowest BCUT2D eigenvalue weighted by atomic mass is 9.97. The standard InChI is InChI=1S/C22H20ClNO3/c23-18-9-3-5-15(11-18)12-21(25)24-19(14-22(26)27)13-17-8-4-7-16-6-1-2-10-20(16)17/h1-11,19H,12-14H2,(H,24,25)(H,26,27)/t19-/m1/s1. The molecule has 0 unspecified atom stereocenters. The number of benzene rings is 3. The molecule has 138 valence electrons. The third-order valence-corrected chi connectivity index (χ3v) is 4.62. The van der Waals surface area contributed by atoms with E-state index in [2.05, 4.69) is 5.32 Å². The molecule has 27 heavy (non-hydrogen) atoms. The van der Waals surface area contributed by atoms with Crippen molar-refractivity contribution in [2.45, 2.75) is 25.3 Å². The minimum absolute atomic E-state index is 0.134. The maximum absolute atomic E-state index is 12.4. The number of carboxylic acid groups (broad SMARTS) is 1. The van der Waals surface area contributed by atoms with Crippen LogP contribution < -0.4 is 5.32 Å². The number of rotatable bonds is 7. The van der Waals surface area contributed by atoms with Gasteiger partial charge in [0.05, 0.1) is 12.8 Å². The highest BCUT2D eigenvalue weighted by molar-refractivity contribution is 6.30. The molecule has 0 spiro atoms. The van der Waals surface area contributed by atoms with Gasteiger partial charge in [-0.05, 0) is 40.5 Å². The first kappa shape index (κ1) is 18.9. The average Bonchev–Trinajstić information content (AvgIpc) is 2.61. The number of fused-ring (bicyclic) bond motifs is 1. The van der Waals surface area contributed by atoms with E-state index < -0.39 is 12.0 Å². The number of amides is 1. The molecular formula is C22H20ClNO3. The maximum atomic E-state index is 12.4.